The Morgan fingerprint density at radius 1 is 0.657 bits per heavy atom. The van der Waals surface area contributed by atoms with Crippen LogP contribution in [0.2, 0.25) is 0 Å². The molecule has 6 heteroatoms. The third kappa shape index (κ3) is 5.45. The Balaban J connectivity index is 1.99. The van der Waals surface area contributed by atoms with Gasteiger partial charge in [-0.2, -0.15) is 8.42 Å². The monoisotopic (exact) mass is 506 g/mol. The van der Waals surface area contributed by atoms with Crippen LogP contribution in [0.5, 0.6) is 5.75 Å². The third-order valence-electron chi connectivity index (χ3n) is 5.57. The third-order valence-corrected chi connectivity index (χ3v) is 10.8. The summed E-state index contributed by atoms with van der Waals surface area (Å²) in [5.74, 6) is 0.628. The lowest BCUT2D eigenvalue weighted by Crippen LogP contribution is -2.15. The second-order valence-corrected chi connectivity index (χ2v) is 12.6. The predicted molar refractivity (Wildman–Crippen MR) is 142 cm³/mol. The van der Waals surface area contributed by atoms with Crippen LogP contribution in [0.25, 0.3) is 0 Å². The van der Waals surface area contributed by atoms with Gasteiger partial charge in [0.25, 0.3) is 0 Å². The van der Waals surface area contributed by atoms with Crippen molar-refractivity contribution >= 4 is 20.4 Å². The van der Waals surface area contributed by atoms with E-state index in [0.717, 1.165) is 28.2 Å². The Hall–Kier alpha value is -3.06. The topological polar surface area (TPSA) is 52.6 Å². The lowest BCUT2D eigenvalue weighted by atomic mass is 10.2. The largest absolute Gasteiger partial charge is 0.492 e. The van der Waals surface area contributed by atoms with Crippen LogP contribution in [0, 0.1) is 6.92 Å². The molecule has 0 spiro atoms. The molecular formula is C29H30O4S2. The van der Waals surface area contributed by atoms with E-state index in [0.29, 0.717) is 17.3 Å². The fourth-order valence-electron chi connectivity index (χ4n) is 3.74. The molecule has 35 heavy (non-hydrogen) atoms. The molecule has 0 fully saturated rings. The van der Waals surface area contributed by atoms with E-state index in [2.05, 4.69) is 6.92 Å². The molecule has 0 aliphatic heterocycles. The van der Waals surface area contributed by atoms with E-state index in [4.69, 9.17) is 8.37 Å². The summed E-state index contributed by atoms with van der Waals surface area (Å²) in [5, 5.41) is 0. The van der Waals surface area contributed by atoms with Crippen LogP contribution in [-0.4, -0.2) is 15.0 Å². The van der Waals surface area contributed by atoms with Crippen molar-refractivity contribution < 1.29 is 16.8 Å². The Labute approximate surface area is 210 Å². The van der Waals surface area contributed by atoms with Crippen LogP contribution >= 0.6 is 10.3 Å². The maximum atomic E-state index is 13.8. The highest BCUT2D eigenvalue weighted by Crippen LogP contribution is 2.72. The number of benzene rings is 4. The van der Waals surface area contributed by atoms with Crippen molar-refractivity contribution in [3.05, 3.63) is 115 Å². The van der Waals surface area contributed by atoms with Crippen molar-refractivity contribution in [2.24, 2.45) is 0 Å². The average Bonchev–Trinajstić information content (AvgIpc) is 2.89. The minimum atomic E-state index is -4.14. The first kappa shape index (κ1) is 25.0. The van der Waals surface area contributed by atoms with E-state index in [-0.39, 0.29) is 4.90 Å². The molecule has 4 rings (SSSR count). The summed E-state index contributed by atoms with van der Waals surface area (Å²) in [6.07, 6.45) is 1.89. The molecule has 182 valence electrons. The lowest BCUT2D eigenvalue weighted by molar-refractivity contribution is 0.301. The number of hydrogen-bond donors (Lipinski definition) is 0. The molecule has 4 aromatic carbocycles. The minimum absolute atomic E-state index is 0.121. The summed E-state index contributed by atoms with van der Waals surface area (Å²) in [5.41, 5.74) is 0.975. The summed E-state index contributed by atoms with van der Waals surface area (Å²) in [4.78, 5) is 2.38. The number of rotatable bonds is 10. The van der Waals surface area contributed by atoms with Gasteiger partial charge in [-0.3, -0.25) is 0 Å². The van der Waals surface area contributed by atoms with E-state index < -0.39 is 20.4 Å². The smallest absolute Gasteiger partial charge is 0.307 e. The van der Waals surface area contributed by atoms with E-state index in [1.807, 2.05) is 91.9 Å². The van der Waals surface area contributed by atoms with Gasteiger partial charge < -0.3 is 4.74 Å². The molecule has 0 amide bonds. The lowest BCUT2D eigenvalue weighted by Gasteiger charge is -2.40. The molecular weight excluding hydrogens is 476 g/mol. The SMILES string of the molecule is CCCCOc1ccccc1S(OS(=O)(=O)c1ccc(C)cc1)(c1ccccc1)c1ccccc1. The van der Waals surface area contributed by atoms with Gasteiger partial charge >= 0.3 is 10.1 Å². The zero-order valence-electron chi connectivity index (χ0n) is 20.0. The number of para-hydroxylation sites is 1. The first-order chi connectivity index (χ1) is 17.0. The van der Waals surface area contributed by atoms with Gasteiger partial charge in [0.2, 0.25) is 0 Å². The Bertz CT molecular complexity index is 1300. The van der Waals surface area contributed by atoms with E-state index in [1.54, 1.807) is 24.3 Å². The maximum Gasteiger partial charge on any atom is 0.307 e. The molecule has 0 radical (unpaired) electrons. The highest BCUT2D eigenvalue weighted by molar-refractivity contribution is 8.33. The van der Waals surface area contributed by atoms with Gasteiger partial charge in [-0.05, 0) is 72.2 Å². The fraction of sp³-hybridized carbons (Fsp3) is 0.172. The molecule has 0 aromatic heterocycles. The van der Waals surface area contributed by atoms with Gasteiger partial charge in [-0.15, -0.1) is 0 Å². The van der Waals surface area contributed by atoms with Crippen LogP contribution in [0.1, 0.15) is 25.3 Å². The molecule has 0 saturated heterocycles. The number of hydrogen-bond acceptors (Lipinski definition) is 4. The number of ether oxygens (including phenoxy) is 1. The number of aryl methyl sites for hydroxylation is 1. The van der Waals surface area contributed by atoms with Crippen molar-refractivity contribution in [2.75, 3.05) is 6.61 Å². The van der Waals surface area contributed by atoms with Gasteiger partial charge in [0, 0.05) is 9.79 Å². The first-order valence-corrected chi connectivity index (χ1v) is 14.6. The summed E-state index contributed by atoms with van der Waals surface area (Å²) < 4.78 is 40.3. The molecule has 0 unspecified atom stereocenters. The molecule has 4 nitrogen and oxygen atoms in total. The standard InChI is InChI=1S/C29H30O4S2/c1-3-4-23-32-28-17-11-12-18-29(28)34(25-13-7-5-8-14-25,26-15-9-6-10-16-26)33-35(30,31)27-21-19-24(2)20-22-27/h5-22H,3-4,23H2,1-2H3. The van der Waals surface area contributed by atoms with Crippen molar-refractivity contribution in [2.45, 2.75) is 46.3 Å². The molecule has 0 N–H and O–H groups in total. The van der Waals surface area contributed by atoms with Gasteiger partial charge in [0.1, 0.15) is 5.75 Å². The second kappa shape index (κ2) is 11.1. The highest BCUT2D eigenvalue weighted by Gasteiger charge is 2.40. The maximum absolute atomic E-state index is 13.8. The summed E-state index contributed by atoms with van der Waals surface area (Å²) in [7, 11) is -6.87. The van der Waals surface area contributed by atoms with Crippen LogP contribution in [0.15, 0.2) is 129 Å². The Morgan fingerprint density at radius 2 is 1.20 bits per heavy atom. The molecule has 0 bridgehead atoms. The van der Waals surface area contributed by atoms with Crippen molar-refractivity contribution in [3.8, 4) is 5.75 Å². The van der Waals surface area contributed by atoms with E-state index >= 15 is 0 Å². The first-order valence-electron chi connectivity index (χ1n) is 11.7. The van der Waals surface area contributed by atoms with E-state index in [1.165, 1.54) is 0 Å². The van der Waals surface area contributed by atoms with Gasteiger partial charge in [-0.25, -0.2) is 3.63 Å². The number of unbranched alkanes of at least 4 members (excludes halogenated alkanes) is 1. The summed E-state index contributed by atoms with van der Waals surface area (Å²) in [6, 6.07) is 33.5. The quantitative estimate of drug-likeness (QED) is 0.206. The normalized spacial score (nSPS) is 12.3. The molecule has 0 aliphatic rings. The summed E-state index contributed by atoms with van der Waals surface area (Å²) >= 11 is 0. The molecule has 4 aromatic rings. The Kier molecular flexibility index (Phi) is 7.96. The van der Waals surface area contributed by atoms with Crippen LogP contribution in [0.3, 0.4) is 0 Å². The Morgan fingerprint density at radius 3 is 1.77 bits per heavy atom. The van der Waals surface area contributed by atoms with Crippen molar-refractivity contribution in [1.29, 1.82) is 0 Å². The average molecular weight is 507 g/mol. The summed E-state index contributed by atoms with van der Waals surface area (Å²) in [6.45, 7) is 4.57. The van der Waals surface area contributed by atoms with Crippen molar-refractivity contribution in [3.63, 3.8) is 0 Å². The van der Waals surface area contributed by atoms with Crippen molar-refractivity contribution in [1.82, 2.24) is 0 Å². The highest BCUT2D eigenvalue weighted by atomic mass is 32.3. The zero-order chi connectivity index (χ0) is 24.7. The van der Waals surface area contributed by atoms with E-state index in [9.17, 15) is 8.42 Å². The molecule has 0 atom stereocenters. The zero-order valence-corrected chi connectivity index (χ0v) is 21.6. The van der Waals surface area contributed by atoms with Gasteiger partial charge in [0.15, 0.2) is 0 Å². The molecule has 0 saturated carbocycles. The van der Waals surface area contributed by atoms with Crippen LogP contribution < -0.4 is 4.74 Å². The van der Waals surface area contributed by atoms with Gasteiger partial charge in [0.05, 0.1) is 16.4 Å². The molecule has 0 heterocycles. The van der Waals surface area contributed by atoms with Gasteiger partial charge in [-0.1, -0.05) is 79.6 Å². The van der Waals surface area contributed by atoms with Crippen LogP contribution in [-0.2, 0) is 13.7 Å². The second-order valence-electron chi connectivity index (χ2n) is 8.17. The van der Waals surface area contributed by atoms with Crippen LogP contribution in [0.4, 0.5) is 0 Å². The molecule has 0 aliphatic carbocycles. The minimum Gasteiger partial charge on any atom is -0.492 e. The fourth-order valence-corrected chi connectivity index (χ4v) is 9.06. The predicted octanol–water partition coefficient (Wildman–Crippen LogP) is 7.78.